The molecule has 0 saturated carbocycles. The first-order valence-corrected chi connectivity index (χ1v) is 6.21. The van der Waals surface area contributed by atoms with Gasteiger partial charge in [-0.2, -0.15) is 0 Å². The molecule has 0 spiro atoms. The van der Waals surface area contributed by atoms with Gasteiger partial charge in [-0.15, -0.1) is 0 Å². The number of hydrogen-bond acceptors (Lipinski definition) is 3. The van der Waals surface area contributed by atoms with Crippen molar-refractivity contribution in [2.45, 2.75) is 25.8 Å². The number of hydrogen-bond donors (Lipinski definition) is 1. The van der Waals surface area contributed by atoms with E-state index in [2.05, 4.69) is 17.3 Å². The molecule has 0 aliphatic carbocycles. The summed E-state index contributed by atoms with van der Waals surface area (Å²) in [6.45, 7) is 2.71. The van der Waals surface area contributed by atoms with Crippen LogP contribution in [0.5, 0.6) is 0 Å². The normalized spacial score (nSPS) is 18.2. The van der Waals surface area contributed by atoms with E-state index in [1.807, 2.05) is 12.1 Å². The minimum atomic E-state index is 0.135. The Kier molecular flexibility index (Phi) is 4.20. The largest absolute Gasteiger partial charge is 0.467 e. The molecule has 1 N–H and O–H groups in total. The number of carbonyl (C=O) groups is 1. The van der Waals surface area contributed by atoms with Crippen LogP contribution < -0.4 is 5.32 Å². The molecule has 0 unspecified atom stereocenters. The lowest BCUT2D eigenvalue weighted by Gasteiger charge is -2.28. The molecule has 1 aliphatic heterocycles. The number of piperidine rings is 1. The number of amides is 1. The standard InChI is InChI=1S/C13H20N2O2/c1-15-6-4-11(5-7-15)9-13(16)14-10-12-3-2-8-17-12/h2-3,8,11H,4-7,9-10H2,1H3,(H,14,16). The van der Waals surface area contributed by atoms with E-state index in [1.54, 1.807) is 6.26 Å². The maximum atomic E-state index is 11.7. The summed E-state index contributed by atoms with van der Waals surface area (Å²) < 4.78 is 5.17. The Morgan fingerprint density at radius 1 is 1.53 bits per heavy atom. The molecule has 94 valence electrons. The van der Waals surface area contributed by atoms with Gasteiger partial charge in [0.2, 0.25) is 5.91 Å². The van der Waals surface area contributed by atoms with Crippen LogP contribution in [0.4, 0.5) is 0 Å². The average Bonchev–Trinajstić information content (AvgIpc) is 2.83. The van der Waals surface area contributed by atoms with Crippen molar-refractivity contribution in [3.8, 4) is 0 Å². The predicted octanol–water partition coefficient (Wildman–Crippen LogP) is 1.63. The van der Waals surface area contributed by atoms with Crippen molar-refractivity contribution in [3.63, 3.8) is 0 Å². The van der Waals surface area contributed by atoms with Gasteiger partial charge in [0.25, 0.3) is 0 Å². The first-order valence-electron chi connectivity index (χ1n) is 6.21. The predicted molar refractivity (Wildman–Crippen MR) is 65.4 cm³/mol. The molecule has 1 fully saturated rings. The topological polar surface area (TPSA) is 45.5 Å². The lowest BCUT2D eigenvalue weighted by Crippen LogP contribution is -2.33. The quantitative estimate of drug-likeness (QED) is 0.864. The molecule has 0 bridgehead atoms. The summed E-state index contributed by atoms with van der Waals surface area (Å²) in [6, 6.07) is 3.70. The minimum absolute atomic E-state index is 0.135. The van der Waals surface area contributed by atoms with Crippen LogP contribution in [0.15, 0.2) is 22.8 Å². The maximum Gasteiger partial charge on any atom is 0.220 e. The fourth-order valence-electron chi connectivity index (χ4n) is 2.20. The molecule has 0 radical (unpaired) electrons. The first-order chi connectivity index (χ1) is 8.24. The molecule has 1 amide bonds. The first kappa shape index (κ1) is 12.2. The van der Waals surface area contributed by atoms with E-state index in [-0.39, 0.29) is 5.91 Å². The van der Waals surface area contributed by atoms with Gasteiger partial charge in [0, 0.05) is 6.42 Å². The molecule has 1 aliphatic rings. The molecule has 1 saturated heterocycles. The third-order valence-electron chi connectivity index (χ3n) is 3.35. The van der Waals surface area contributed by atoms with Crippen molar-refractivity contribution >= 4 is 5.91 Å². The molecule has 2 rings (SSSR count). The van der Waals surface area contributed by atoms with E-state index in [9.17, 15) is 4.79 Å². The second kappa shape index (κ2) is 5.87. The average molecular weight is 236 g/mol. The van der Waals surface area contributed by atoms with Crippen LogP contribution in [0, 0.1) is 5.92 Å². The lowest BCUT2D eigenvalue weighted by molar-refractivity contribution is -0.122. The van der Waals surface area contributed by atoms with Crippen LogP contribution in [-0.4, -0.2) is 30.9 Å². The summed E-state index contributed by atoms with van der Waals surface area (Å²) >= 11 is 0. The van der Waals surface area contributed by atoms with E-state index in [4.69, 9.17) is 4.42 Å². The zero-order chi connectivity index (χ0) is 12.1. The summed E-state index contributed by atoms with van der Waals surface area (Å²) in [5.41, 5.74) is 0. The van der Waals surface area contributed by atoms with Gasteiger partial charge in [0.15, 0.2) is 0 Å². The molecule has 4 heteroatoms. The van der Waals surface area contributed by atoms with Crippen LogP contribution in [-0.2, 0) is 11.3 Å². The second-order valence-corrected chi connectivity index (χ2v) is 4.81. The Hall–Kier alpha value is -1.29. The number of likely N-dealkylation sites (tertiary alicyclic amines) is 1. The SMILES string of the molecule is CN1CCC(CC(=O)NCc2ccco2)CC1. The number of furan rings is 1. The van der Waals surface area contributed by atoms with Gasteiger partial charge in [-0.1, -0.05) is 0 Å². The molecule has 2 heterocycles. The molecule has 0 atom stereocenters. The third-order valence-corrected chi connectivity index (χ3v) is 3.35. The van der Waals surface area contributed by atoms with E-state index in [1.165, 1.54) is 0 Å². The Morgan fingerprint density at radius 3 is 2.94 bits per heavy atom. The molecular weight excluding hydrogens is 216 g/mol. The zero-order valence-electron chi connectivity index (χ0n) is 10.3. The number of carbonyl (C=O) groups excluding carboxylic acids is 1. The number of rotatable bonds is 4. The molecular formula is C13H20N2O2. The second-order valence-electron chi connectivity index (χ2n) is 4.81. The van der Waals surface area contributed by atoms with Gasteiger partial charge in [-0.25, -0.2) is 0 Å². The van der Waals surface area contributed by atoms with Gasteiger partial charge in [0.1, 0.15) is 5.76 Å². The maximum absolute atomic E-state index is 11.7. The fraction of sp³-hybridized carbons (Fsp3) is 0.615. The number of nitrogens with one attached hydrogen (secondary N) is 1. The summed E-state index contributed by atoms with van der Waals surface area (Å²) in [7, 11) is 2.13. The highest BCUT2D eigenvalue weighted by molar-refractivity contribution is 5.76. The highest BCUT2D eigenvalue weighted by Crippen LogP contribution is 2.19. The van der Waals surface area contributed by atoms with Gasteiger partial charge in [0.05, 0.1) is 12.8 Å². The van der Waals surface area contributed by atoms with Crippen LogP contribution in [0.2, 0.25) is 0 Å². The fourth-order valence-corrected chi connectivity index (χ4v) is 2.20. The third kappa shape index (κ3) is 3.89. The summed E-state index contributed by atoms with van der Waals surface area (Å²) in [6.07, 6.45) is 4.53. The smallest absolute Gasteiger partial charge is 0.220 e. The Bertz CT molecular complexity index is 340. The van der Waals surface area contributed by atoms with E-state index in [0.29, 0.717) is 18.9 Å². The molecule has 1 aromatic heterocycles. The Balaban J connectivity index is 1.67. The summed E-state index contributed by atoms with van der Waals surface area (Å²) in [5, 5.41) is 2.90. The summed E-state index contributed by atoms with van der Waals surface area (Å²) in [5.74, 6) is 1.49. The highest BCUT2D eigenvalue weighted by atomic mass is 16.3. The zero-order valence-corrected chi connectivity index (χ0v) is 10.3. The summed E-state index contributed by atoms with van der Waals surface area (Å²) in [4.78, 5) is 14.0. The lowest BCUT2D eigenvalue weighted by atomic mass is 9.93. The van der Waals surface area contributed by atoms with Crippen molar-refractivity contribution < 1.29 is 9.21 Å². The number of nitrogens with zero attached hydrogens (tertiary/aromatic N) is 1. The van der Waals surface area contributed by atoms with Crippen molar-refractivity contribution in [2.75, 3.05) is 20.1 Å². The van der Waals surface area contributed by atoms with Crippen LogP contribution in [0.3, 0.4) is 0 Å². The Labute approximate surface area is 102 Å². The van der Waals surface area contributed by atoms with Crippen molar-refractivity contribution in [3.05, 3.63) is 24.2 Å². The van der Waals surface area contributed by atoms with Crippen molar-refractivity contribution in [1.82, 2.24) is 10.2 Å². The Morgan fingerprint density at radius 2 is 2.29 bits per heavy atom. The van der Waals surface area contributed by atoms with E-state index < -0.39 is 0 Å². The van der Waals surface area contributed by atoms with E-state index >= 15 is 0 Å². The minimum Gasteiger partial charge on any atom is -0.467 e. The highest BCUT2D eigenvalue weighted by Gasteiger charge is 2.19. The van der Waals surface area contributed by atoms with E-state index in [0.717, 1.165) is 31.7 Å². The molecule has 4 nitrogen and oxygen atoms in total. The van der Waals surface area contributed by atoms with Gasteiger partial charge < -0.3 is 14.6 Å². The van der Waals surface area contributed by atoms with Gasteiger partial charge >= 0.3 is 0 Å². The monoisotopic (exact) mass is 236 g/mol. The van der Waals surface area contributed by atoms with Crippen molar-refractivity contribution in [2.24, 2.45) is 5.92 Å². The van der Waals surface area contributed by atoms with Crippen LogP contribution in [0.25, 0.3) is 0 Å². The van der Waals surface area contributed by atoms with Crippen LogP contribution in [0.1, 0.15) is 25.0 Å². The molecule has 1 aromatic rings. The molecule has 17 heavy (non-hydrogen) atoms. The van der Waals surface area contributed by atoms with Crippen LogP contribution >= 0.6 is 0 Å². The van der Waals surface area contributed by atoms with Crippen molar-refractivity contribution in [1.29, 1.82) is 0 Å². The molecule has 0 aromatic carbocycles. The van der Waals surface area contributed by atoms with Gasteiger partial charge in [-0.05, 0) is 51.0 Å². The van der Waals surface area contributed by atoms with Gasteiger partial charge in [-0.3, -0.25) is 4.79 Å².